The highest BCUT2D eigenvalue weighted by Crippen LogP contribution is 2.31. The summed E-state index contributed by atoms with van der Waals surface area (Å²) in [5.41, 5.74) is 2.70. The molecule has 0 spiro atoms. The number of carbonyl (C=O) groups excluding carboxylic acids is 2. The van der Waals surface area contributed by atoms with Gasteiger partial charge in [-0.2, -0.15) is 13.2 Å². The summed E-state index contributed by atoms with van der Waals surface area (Å²) in [4.78, 5) is 39.1. The Labute approximate surface area is 233 Å². The number of nitrogens with one attached hydrogen (secondary N) is 4. The molecule has 0 aliphatic carbocycles. The summed E-state index contributed by atoms with van der Waals surface area (Å²) in [5, 5.41) is 10.3. The number of aromatic nitrogens is 3. The van der Waals surface area contributed by atoms with Crippen molar-refractivity contribution in [3.63, 3.8) is 0 Å². The Morgan fingerprint density at radius 3 is 2.67 bits per heavy atom. The minimum absolute atomic E-state index is 0.0137. The monoisotopic (exact) mass is 592 g/mol. The van der Waals surface area contributed by atoms with Gasteiger partial charge in [-0.15, -0.1) is 22.7 Å². The van der Waals surface area contributed by atoms with Gasteiger partial charge in [-0.25, -0.2) is 24.8 Å². The lowest BCUT2D eigenvalue weighted by Gasteiger charge is -2.26. The van der Waals surface area contributed by atoms with Gasteiger partial charge in [0.1, 0.15) is 12.1 Å². The maximum absolute atomic E-state index is 12.9. The Hall–Kier alpha value is -3.86. The number of nitrogens with zero attached hydrogens (tertiary/aromatic N) is 4. The molecule has 4 heterocycles. The molecule has 1 aliphatic rings. The van der Waals surface area contributed by atoms with Crippen molar-refractivity contribution in [1.82, 2.24) is 25.4 Å². The van der Waals surface area contributed by atoms with Gasteiger partial charge in [-0.3, -0.25) is 15.5 Å². The normalized spacial score (nSPS) is 14.2. The molecule has 0 saturated carbocycles. The third kappa shape index (κ3) is 7.01. The van der Waals surface area contributed by atoms with Crippen LogP contribution < -0.4 is 21.4 Å². The third-order valence-corrected chi connectivity index (χ3v) is 7.79. The van der Waals surface area contributed by atoms with Crippen molar-refractivity contribution in [2.24, 2.45) is 0 Å². The molecule has 16 heteroatoms. The fourth-order valence-electron chi connectivity index (χ4n) is 3.78. The van der Waals surface area contributed by atoms with Crippen LogP contribution >= 0.6 is 22.7 Å². The highest BCUT2D eigenvalue weighted by molar-refractivity contribution is 7.21. The smallest absolute Gasteiger partial charge is 0.379 e. The zero-order chi connectivity index (χ0) is 28.1. The number of rotatable bonds is 8. The van der Waals surface area contributed by atoms with E-state index in [1.54, 1.807) is 12.3 Å². The molecule has 40 heavy (non-hydrogen) atoms. The topological polar surface area (TPSA) is 133 Å². The summed E-state index contributed by atoms with van der Waals surface area (Å²) in [7, 11) is 0. The molecule has 5 rings (SSSR count). The molecule has 0 bridgehead atoms. The lowest BCUT2D eigenvalue weighted by molar-refractivity contribution is -0.137. The van der Waals surface area contributed by atoms with Gasteiger partial charge in [-0.1, -0.05) is 6.07 Å². The van der Waals surface area contributed by atoms with Crippen molar-refractivity contribution >= 4 is 61.5 Å². The number of hydrogen-bond donors (Lipinski definition) is 4. The first kappa shape index (κ1) is 27.7. The van der Waals surface area contributed by atoms with E-state index in [2.05, 4.69) is 36.3 Å². The average molecular weight is 593 g/mol. The van der Waals surface area contributed by atoms with Crippen LogP contribution in [0, 0.1) is 0 Å². The van der Waals surface area contributed by atoms with Crippen LogP contribution in [0.15, 0.2) is 42.9 Å². The van der Waals surface area contributed by atoms with E-state index in [4.69, 9.17) is 4.74 Å². The maximum Gasteiger partial charge on any atom is 0.416 e. The number of hydrazine groups is 1. The molecule has 1 fully saturated rings. The minimum Gasteiger partial charge on any atom is -0.379 e. The zero-order valence-corrected chi connectivity index (χ0v) is 22.4. The van der Waals surface area contributed by atoms with E-state index in [1.165, 1.54) is 41.1 Å². The summed E-state index contributed by atoms with van der Waals surface area (Å²) >= 11 is 2.54. The van der Waals surface area contributed by atoms with Crippen molar-refractivity contribution in [2.75, 3.05) is 48.8 Å². The van der Waals surface area contributed by atoms with Crippen LogP contribution in [0.5, 0.6) is 0 Å². The van der Waals surface area contributed by atoms with Crippen molar-refractivity contribution in [1.29, 1.82) is 0 Å². The van der Waals surface area contributed by atoms with Crippen LogP contribution in [0.25, 0.3) is 10.2 Å². The van der Waals surface area contributed by atoms with Crippen LogP contribution in [0.2, 0.25) is 0 Å². The van der Waals surface area contributed by atoms with Crippen LogP contribution in [-0.2, 0) is 17.3 Å². The standard InChI is InChI=1S/C24H23F3N8O3S2/c25-24(26,27)14-2-1-3-15(10-14)32-22(37)33-23-29-12-16(39-23)4-5-28-20-19-17(30-13-31-20)11-18(40-19)21(36)34-35-6-8-38-9-7-35/h1-3,10-13H,4-9H2,(H,34,36)(H,28,30,31)(H2,29,32,33,37). The third-order valence-electron chi connectivity index (χ3n) is 5.69. The molecule has 0 radical (unpaired) electrons. The molecule has 0 unspecified atom stereocenters. The summed E-state index contributed by atoms with van der Waals surface area (Å²) in [5.74, 6) is 0.390. The molecule has 3 amide bonds. The van der Waals surface area contributed by atoms with E-state index in [9.17, 15) is 22.8 Å². The molecular formula is C24H23F3N8O3S2. The Kier molecular flexibility index (Phi) is 8.39. The second kappa shape index (κ2) is 12.1. The van der Waals surface area contributed by atoms with E-state index >= 15 is 0 Å². The Bertz CT molecular complexity index is 1500. The first-order valence-corrected chi connectivity index (χ1v) is 13.7. The summed E-state index contributed by atoms with van der Waals surface area (Å²) in [6, 6.07) is 5.40. The largest absolute Gasteiger partial charge is 0.416 e. The van der Waals surface area contributed by atoms with E-state index in [0.717, 1.165) is 21.7 Å². The zero-order valence-electron chi connectivity index (χ0n) is 20.7. The molecular weight excluding hydrogens is 569 g/mol. The van der Waals surface area contributed by atoms with Gasteiger partial charge in [0, 0.05) is 42.8 Å². The number of fused-ring (bicyclic) bond motifs is 1. The van der Waals surface area contributed by atoms with E-state index in [-0.39, 0.29) is 11.6 Å². The summed E-state index contributed by atoms with van der Waals surface area (Å²) in [6.45, 7) is 2.88. The number of thiophene rings is 1. The number of carbonyl (C=O) groups is 2. The Balaban J connectivity index is 1.13. The molecule has 4 aromatic rings. The van der Waals surface area contributed by atoms with Crippen LogP contribution in [0.1, 0.15) is 20.1 Å². The number of alkyl halides is 3. The predicted molar refractivity (Wildman–Crippen MR) is 146 cm³/mol. The number of anilines is 3. The Morgan fingerprint density at radius 2 is 1.88 bits per heavy atom. The van der Waals surface area contributed by atoms with Crippen molar-refractivity contribution in [3.8, 4) is 0 Å². The maximum atomic E-state index is 12.9. The molecule has 1 aromatic carbocycles. The van der Waals surface area contributed by atoms with Gasteiger partial charge in [0.15, 0.2) is 5.13 Å². The number of benzene rings is 1. The van der Waals surface area contributed by atoms with Crippen LogP contribution in [0.3, 0.4) is 0 Å². The Morgan fingerprint density at radius 1 is 1.05 bits per heavy atom. The fourth-order valence-corrected chi connectivity index (χ4v) is 5.56. The summed E-state index contributed by atoms with van der Waals surface area (Å²) in [6.07, 6.45) is -0.900. The van der Waals surface area contributed by atoms with E-state index in [1.807, 2.05) is 5.01 Å². The molecule has 0 atom stereocenters. The van der Waals surface area contributed by atoms with Gasteiger partial charge in [-0.05, 0) is 24.3 Å². The van der Waals surface area contributed by atoms with Gasteiger partial charge in [0.05, 0.1) is 33.9 Å². The number of ether oxygens (including phenoxy) is 1. The second-order valence-electron chi connectivity index (χ2n) is 8.55. The van der Waals surface area contributed by atoms with Gasteiger partial charge in [0.2, 0.25) is 0 Å². The molecule has 4 N–H and O–H groups in total. The van der Waals surface area contributed by atoms with Crippen molar-refractivity contribution in [3.05, 3.63) is 58.2 Å². The second-order valence-corrected chi connectivity index (χ2v) is 10.7. The average Bonchev–Trinajstić information content (AvgIpc) is 3.56. The molecule has 11 nitrogen and oxygen atoms in total. The molecule has 3 aromatic heterocycles. The molecule has 1 aliphatic heterocycles. The SMILES string of the molecule is O=C(Nc1cccc(C(F)(F)F)c1)Nc1ncc(CCNc2ncnc3cc(C(=O)NN4CCOCC4)sc23)s1. The first-order valence-electron chi connectivity index (χ1n) is 12.1. The highest BCUT2D eigenvalue weighted by atomic mass is 32.1. The number of urea groups is 1. The fraction of sp³-hybridized carbons (Fsp3) is 0.292. The number of hydrogen-bond acceptors (Lipinski definition) is 10. The van der Waals surface area contributed by atoms with Gasteiger partial charge >= 0.3 is 12.2 Å². The van der Waals surface area contributed by atoms with Gasteiger partial charge < -0.3 is 15.4 Å². The number of amides is 3. The van der Waals surface area contributed by atoms with Crippen LogP contribution in [-0.4, -0.2) is 64.7 Å². The van der Waals surface area contributed by atoms with E-state index < -0.39 is 17.8 Å². The first-order chi connectivity index (χ1) is 19.2. The predicted octanol–water partition coefficient (Wildman–Crippen LogP) is 4.44. The lowest BCUT2D eigenvalue weighted by Crippen LogP contribution is -2.48. The van der Waals surface area contributed by atoms with Gasteiger partial charge in [0.25, 0.3) is 5.91 Å². The number of halogens is 3. The van der Waals surface area contributed by atoms with Crippen LogP contribution in [0.4, 0.5) is 34.6 Å². The molecule has 1 saturated heterocycles. The van der Waals surface area contributed by atoms with Crippen molar-refractivity contribution < 1.29 is 27.5 Å². The van der Waals surface area contributed by atoms with E-state index in [0.29, 0.717) is 60.6 Å². The number of thiazole rings is 1. The lowest BCUT2D eigenvalue weighted by atomic mass is 10.2. The number of morpholine rings is 1. The highest BCUT2D eigenvalue weighted by Gasteiger charge is 2.30. The van der Waals surface area contributed by atoms with Crippen molar-refractivity contribution in [2.45, 2.75) is 12.6 Å². The summed E-state index contributed by atoms with van der Waals surface area (Å²) < 4.78 is 44.7. The quantitative estimate of drug-likeness (QED) is 0.236. The molecule has 210 valence electrons. The minimum atomic E-state index is -4.51.